The lowest BCUT2D eigenvalue weighted by atomic mass is 10.0. The van der Waals surface area contributed by atoms with Gasteiger partial charge >= 0.3 is 12.1 Å². The smallest absolute Gasteiger partial charge is 0.407 e. The van der Waals surface area contributed by atoms with Crippen molar-refractivity contribution in [2.45, 2.75) is 51.4 Å². The van der Waals surface area contributed by atoms with Gasteiger partial charge in [-0.05, 0) is 45.7 Å². The fourth-order valence-corrected chi connectivity index (χ4v) is 3.48. The van der Waals surface area contributed by atoms with Gasteiger partial charge in [0.2, 0.25) is 5.88 Å². The number of carbonyl (C=O) groups is 2. The minimum atomic E-state index is -0.534. The highest BCUT2D eigenvalue weighted by atomic mass is 16.6. The number of nitrogens with one attached hydrogen (secondary N) is 1. The molecule has 8 nitrogen and oxygen atoms in total. The Bertz CT molecular complexity index is 1000. The van der Waals surface area contributed by atoms with E-state index in [2.05, 4.69) is 10.3 Å². The maximum Gasteiger partial charge on any atom is 0.407 e. The molecule has 1 N–H and O–H groups in total. The van der Waals surface area contributed by atoms with Gasteiger partial charge in [0.25, 0.3) is 0 Å². The summed E-state index contributed by atoms with van der Waals surface area (Å²) >= 11 is 0. The average Bonchev–Trinajstić information content (AvgIpc) is 2.76. The van der Waals surface area contributed by atoms with Crippen molar-refractivity contribution in [2.24, 2.45) is 0 Å². The second-order valence-corrected chi connectivity index (χ2v) is 8.60. The third-order valence-corrected chi connectivity index (χ3v) is 5.00. The molecule has 1 saturated heterocycles. The summed E-state index contributed by atoms with van der Waals surface area (Å²) in [4.78, 5) is 28.6. The summed E-state index contributed by atoms with van der Waals surface area (Å²) in [6.07, 6.45) is 4.92. The summed E-state index contributed by atoms with van der Waals surface area (Å²) in [5.74, 6) is 0.0378. The molecule has 0 aliphatic carbocycles. The van der Waals surface area contributed by atoms with Crippen LogP contribution in [0.25, 0.3) is 17.0 Å². The van der Waals surface area contributed by atoms with Crippen LogP contribution in [0.5, 0.6) is 5.88 Å². The largest absolute Gasteiger partial charge is 0.481 e. The highest BCUT2D eigenvalue weighted by molar-refractivity contribution is 6.05. The number of hydrogen-bond acceptors (Lipinski definition) is 7. The zero-order valence-electron chi connectivity index (χ0n) is 19.1. The number of amides is 1. The first-order valence-corrected chi connectivity index (χ1v) is 10.6. The topological polar surface area (TPSA) is 96.0 Å². The number of fused-ring (bicyclic) bond motifs is 1. The summed E-state index contributed by atoms with van der Waals surface area (Å²) in [6, 6.07) is 6.98. The van der Waals surface area contributed by atoms with Gasteiger partial charge in [-0.3, -0.25) is 0 Å². The van der Waals surface area contributed by atoms with Crippen LogP contribution in [0.2, 0.25) is 0 Å². The van der Waals surface area contributed by atoms with Gasteiger partial charge in [0.1, 0.15) is 5.60 Å². The molecule has 2 heterocycles. The monoisotopic (exact) mass is 442 g/mol. The van der Waals surface area contributed by atoms with E-state index in [1.165, 1.54) is 7.11 Å². The SMILES string of the molecule is COC(=O)c1ccc(/C=C/C2CCC(NC(=O)OC(C)(C)C)CO2)c2nc(OC)ccc12. The van der Waals surface area contributed by atoms with E-state index >= 15 is 0 Å². The molecule has 1 aromatic carbocycles. The molecule has 32 heavy (non-hydrogen) atoms. The van der Waals surface area contributed by atoms with E-state index in [4.69, 9.17) is 18.9 Å². The van der Waals surface area contributed by atoms with E-state index in [0.717, 1.165) is 18.4 Å². The Morgan fingerprint density at radius 1 is 1.16 bits per heavy atom. The van der Waals surface area contributed by atoms with E-state index in [9.17, 15) is 9.59 Å². The maximum atomic E-state index is 12.1. The molecule has 0 spiro atoms. The lowest BCUT2D eigenvalue weighted by Crippen LogP contribution is -2.44. The Morgan fingerprint density at radius 3 is 2.56 bits per heavy atom. The van der Waals surface area contributed by atoms with Crippen molar-refractivity contribution in [3.8, 4) is 5.88 Å². The third kappa shape index (κ3) is 5.97. The van der Waals surface area contributed by atoms with E-state index in [-0.39, 0.29) is 12.1 Å². The number of esters is 1. The maximum absolute atomic E-state index is 12.1. The first-order valence-electron chi connectivity index (χ1n) is 10.6. The molecule has 2 atom stereocenters. The molecule has 172 valence electrons. The molecule has 2 unspecified atom stereocenters. The normalized spacial score (nSPS) is 19.0. The predicted molar refractivity (Wildman–Crippen MR) is 121 cm³/mol. The highest BCUT2D eigenvalue weighted by Crippen LogP contribution is 2.26. The fourth-order valence-electron chi connectivity index (χ4n) is 3.48. The standard InChI is InChI=1S/C24H30N2O6/c1-24(2,3)32-23(28)25-16-8-10-17(31-14-16)9-6-15-7-11-19(22(27)30-5)18-12-13-20(29-4)26-21(15)18/h6-7,9,11-13,16-17H,8,10,14H2,1-5H3,(H,25,28)/b9-6+. The van der Waals surface area contributed by atoms with Crippen molar-refractivity contribution in [3.63, 3.8) is 0 Å². The van der Waals surface area contributed by atoms with Crippen LogP contribution in [0.3, 0.4) is 0 Å². The first kappa shape index (κ1) is 23.5. The van der Waals surface area contributed by atoms with E-state index in [1.807, 2.05) is 39.0 Å². The van der Waals surface area contributed by atoms with Gasteiger partial charge in [-0.2, -0.15) is 0 Å². The molecule has 1 amide bonds. The fraction of sp³-hybridized carbons (Fsp3) is 0.458. The second kappa shape index (κ2) is 9.99. The number of aromatic nitrogens is 1. The molecule has 0 bridgehead atoms. The molecule has 2 aromatic rings. The Morgan fingerprint density at radius 2 is 1.94 bits per heavy atom. The lowest BCUT2D eigenvalue weighted by Gasteiger charge is -2.29. The van der Waals surface area contributed by atoms with Gasteiger partial charge < -0.3 is 24.3 Å². The van der Waals surface area contributed by atoms with Crippen LogP contribution in [0, 0.1) is 0 Å². The Kier molecular flexibility index (Phi) is 7.35. The van der Waals surface area contributed by atoms with Crippen molar-refractivity contribution in [1.82, 2.24) is 10.3 Å². The van der Waals surface area contributed by atoms with Crippen LogP contribution in [-0.4, -0.2) is 55.6 Å². The molecular formula is C24H30N2O6. The van der Waals surface area contributed by atoms with Gasteiger partial charge in [-0.25, -0.2) is 14.6 Å². The van der Waals surface area contributed by atoms with E-state index in [0.29, 0.717) is 29.0 Å². The van der Waals surface area contributed by atoms with Gasteiger partial charge in [0, 0.05) is 17.0 Å². The number of ether oxygens (including phenoxy) is 4. The molecular weight excluding hydrogens is 412 g/mol. The van der Waals surface area contributed by atoms with Crippen molar-refractivity contribution in [2.75, 3.05) is 20.8 Å². The van der Waals surface area contributed by atoms with Gasteiger partial charge in [-0.15, -0.1) is 0 Å². The Hall–Kier alpha value is -3.13. The molecule has 3 rings (SSSR count). The second-order valence-electron chi connectivity index (χ2n) is 8.60. The molecule has 0 saturated carbocycles. The van der Waals surface area contributed by atoms with Crippen LogP contribution in [-0.2, 0) is 14.2 Å². The van der Waals surface area contributed by atoms with Crippen LogP contribution >= 0.6 is 0 Å². The predicted octanol–water partition coefficient (Wildman–Crippen LogP) is 4.12. The molecule has 1 aliphatic rings. The lowest BCUT2D eigenvalue weighted by molar-refractivity contribution is 0.0136. The number of methoxy groups -OCH3 is 2. The van der Waals surface area contributed by atoms with Gasteiger partial charge in [0.05, 0.1) is 44.1 Å². The van der Waals surface area contributed by atoms with Gasteiger partial charge in [0.15, 0.2) is 0 Å². The summed E-state index contributed by atoms with van der Waals surface area (Å²) in [6.45, 7) is 5.90. The minimum Gasteiger partial charge on any atom is -0.481 e. The van der Waals surface area contributed by atoms with Crippen LogP contribution < -0.4 is 10.1 Å². The third-order valence-electron chi connectivity index (χ3n) is 5.00. The van der Waals surface area contributed by atoms with Crippen molar-refractivity contribution in [1.29, 1.82) is 0 Å². The average molecular weight is 443 g/mol. The minimum absolute atomic E-state index is 0.0828. The number of hydrogen-bond donors (Lipinski definition) is 1. The zero-order valence-corrected chi connectivity index (χ0v) is 19.1. The van der Waals surface area contributed by atoms with Crippen LogP contribution in [0.1, 0.15) is 49.5 Å². The van der Waals surface area contributed by atoms with Crippen LogP contribution in [0.15, 0.2) is 30.3 Å². The Labute approximate surface area is 187 Å². The van der Waals surface area contributed by atoms with Crippen molar-refractivity contribution >= 4 is 29.0 Å². The summed E-state index contributed by atoms with van der Waals surface area (Å²) < 4.78 is 21.3. The number of nitrogens with zero attached hydrogens (tertiary/aromatic N) is 1. The molecule has 1 aromatic heterocycles. The summed E-state index contributed by atoms with van der Waals surface area (Å²) in [5.41, 5.74) is 1.39. The van der Waals surface area contributed by atoms with Crippen molar-refractivity contribution in [3.05, 3.63) is 41.5 Å². The molecule has 0 radical (unpaired) electrons. The zero-order chi connectivity index (χ0) is 23.3. The highest BCUT2D eigenvalue weighted by Gasteiger charge is 2.24. The number of rotatable bonds is 5. The number of carbonyl (C=O) groups excluding carboxylic acids is 2. The molecule has 1 aliphatic heterocycles. The van der Waals surface area contributed by atoms with Gasteiger partial charge in [-0.1, -0.05) is 18.2 Å². The first-order chi connectivity index (χ1) is 15.2. The van der Waals surface area contributed by atoms with Crippen LogP contribution in [0.4, 0.5) is 4.79 Å². The quantitative estimate of drug-likeness (QED) is 0.696. The van der Waals surface area contributed by atoms with Crippen molar-refractivity contribution < 1.29 is 28.5 Å². The number of benzene rings is 1. The Balaban J connectivity index is 1.70. The van der Waals surface area contributed by atoms with E-state index < -0.39 is 17.7 Å². The number of alkyl carbamates (subject to hydrolysis) is 1. The molecule has 1 fully saturated rings. The summed E-state index contributed by atoms with van der Waals surface area (Å²) in [7, 11) is 2.90. The molecule has 8 heteroatoms. The number of pyridine rings is 1. The van der Waals surface area contributed by atoms with E-state index in [1.54, 1.807) is 25.3 Å². The summed E-state index contributed by atoms with van der Waals surface area (Å²) in [5, 5.41) is 3.54.